The lowest BCUT2D eigenvalue weighted by atomic mass is 10.0. The molecule has 0 saturated carbocycles. The molecule has 0 amide bonds. The molecule has 0 aliphatic rings. The summed E-state index contributed by atoms with van der Waals surface area (Å²) >= 11 is 0. The van der Waals surface area contributed by atoms with Gasteiger partial charge in [0.25, 0.3) is 0 Å². The van der Waals surface area contributed by atoms with Crippen molar-refractivity contribution in [1.82, 2.24) is 0 Å². The Morgan fingerprint density at radius 2 is 2.25 bits per heavy atom. The maximum Gasteiger partial charge on any atom is 0.309 e. The van der Waals surface area contributed by atoms with Gasteiger partial charge in [-0.3, -0.25) is 4.79 Å². The van der Waals surface area contributed by atoms with E-state index in [0.717, 1.165) is 0 Å². The van der Waals surface area contributed by atoms with Crippen LogP contribution in [-0.2, 0) is 9.53 Å². The minimum Gasteiger partial charge on any atom is -0.466 e. The molecule has 2 nitrogen and oxygen atoms in total. The molecule has 0 spiro atoms. The van der Waals surface area contributed by atoms with E-state index in [2.05, 4.69) is 17.9 Å². The van der Waals surface area contributed by atoms with Gasteiger partial charge in [-0.05, 0) is 19.7 Å². The zero-order chi connectivity index (χ0) is 13.7. The Hall–Kier alpha value is -1.05. The summed E-state index contributed by atoms with van der Waals surface area (Å²) in [6.45, 7) is 0.941. The van der Waals surface area contributed by atoms with Crippen LogP contribution in [0.15, 0.2) is 25.3 Å². The van der Waals surface area contributed by atoms with Gasteiger partial charge in [0.1, 0.15) is 0 Å². The highest BCUT2D eigenvalue weighted by Crippen LogP contribution is 2.11. The Morgan fingerprint density at radius 3 is 2.67 bits per heavy atom. The Morgan fingerprint density at radius 1 is 1.67 bits per heavy atom. The lowest BCUT2D eigenvalue weighted by Gasteiger charge is -2.10. The van der Waals surface area contributed by atoms with Crippen LogP contribution in [0.3, 0.4) is 0 Å². The van der Waals surface area contributed by atoms with Crippen LogP contribution in [0.1, 0.15) is 26.5 Å². The van der Waals surface area contributed by atoms with Gasteiger partial charge in [0, 0.05) is 4.11 Å². The third kappa shape index (κ3) is 3.96. The zero-order valence-corrected chi connectivity index (χ0v) is 6.88. The Balaban J connectivity index is 4.70. The SMILES string of the molecule is [2H]C([2H])([2H])C([2H])([2H])OC(=O)C(CC=C)CC=C. The highest BCUT2D eigenvalue weighted by atomic mass is 16.5. The van der Waals surface area contributed by atoms with Gasteiger partial charge in [-0.15, -0.1) is 13.2 Å². The highest BCUT2D eigenvalue weighted by Gasteiger charge is 2.15. The second-order valence-electron chi connectivity index (χ2n) is 2.27. The van der Waals surface area contributed by atoms with Gasteiger partial charge in [-0.2, -0.15) is 0 Å². The Bertz CT molecular complexity index is 286. The molecule has 0 N–H and O–H groups in total. The van der Waals surface area contributed by atoms with Gasteiger partial charge in [-0.1, -0.05) is 12.2 Å². The second-order valence-corrected chi connectivity index (χ2v) is 2.27. The molecule has 0 aliphatic carbocycles. The minimum atomic E-state index is -3.00. The molecule has 0 saturated heterocycles. The van der Waals surface area contributed by atoms with Crippen molar-refractivity contribution in [2.45, 2.75) is 19.7 Å². The summed E-state index contributed by atoms with van der Waals surface area (Å²) in [5.74, 6) is -1.55. The molecular formula is C10H16O2. The van der Waals surface area contributed by atoms with E-state index in [4.69, 9.17) is 6.85 Å². The summed E-state index contributed by atoms with van der Waals surface area (Å²) in [6, 6.07) is 0. The third-order valence-corrected chi connectivity index (χ3v) is 1.39. The Kier molecular flexibility index (Phi) is 2.69. The van der Waals surface area contributed by atoms with Gasteiger partial charge >= 0.3 is 5.97 Å². The molecule has 0 atom stereocenters. The summed E-state index contributed by atoms with van der Waals surface area (Å²) in [7, 11) is 0. The summed E-state index contributed by atoms with van der Waals surface area (Å²) < 4.78 is 39.5. The molecule has 0 fully saturated rings. The van der Waals surface area contributed by atoms with Crippen LogP contribution in [-0.4, -0.2) is 12.5 Å². The summed E-state index contributed by atoms with van der Waals surface area (Å²) in [5, 5.41) is 0. The van der Waals surface area contributed by atoms with Crippen molar-refractivity contribution in [3.05, 3.63) is 25.3 Å². The second kappa shape index (κ2) is 6.65. The van der Waals surface area contributed by atoms with Gasteiger partial charge in [-0.25, -0.2) is 0 Å². The van der Waals surface area contributed by atoms with Gasteiger partial charge in [0.2, 0.25) is 0 Å². The first-order valence-electron chi connectivity index (χ1n) is 6.10. The lowest BCUT2D eigenvalue weighted by Crippen LogP contribution is -2.16. The van der Waals surface area contributed by atoms with E-state index in [-0.39, 0.29) is 12.8 Å². The van der Waals surface area contributed by atoms with E-state index < -0.39 is 25.3 Å². The van der Waals surface area contributed by atoms with Gasteiger partial charge in [0.05, 0.1) is 15.2 Å². The molecule has 2 heteroatoms. The average molecular weight is 173 g/mol. The van der Waals surface area contributed by atoms with E-state index in [1.807, 2.05) is 0 Å². The van der Waals surface area contributed by atoms with Crippen LogP contribution in [0.25, 0.3) is 0 Å². The largest absolute Gasteiger partial charge is 0.466 e. The normalized spacial score (nSPS) is 17.9. The lowest BCUT2D eigenvalue weighted by molar-refractivity contribution is -0.147. The quantitative estimate of drug-likeness (QED) is 0.455. The molecule has 0 rings (SSSR count). The molecule has 0 aromatic carbocycles. The number of rotatable bonds is 6. The number of hydrogen-bond acceptors (Lipinski definition) is 2. The van der Waals surface area contributed by atoms with Crippen LogP contribution in [0.2, 0.25) is 0 Å². The predicted molar refractivity (Wildman–Crippen MR) is 49.8 cm³/mol. The number of esters is 1. The summed E-state index contributed by atoms with van der Waals surface area (Å²) in [6.07, 6.45) is 3.53. The van der Waals surface area contributed by atoms with Crippen LogP contribution in [0.5, 0.6) is 0 Å². The van der Waals surface area contributed by atoms with Crippen molar-refractivity contribution < 1.29 is 16.4 Å². The van der Waals surface area contributed by atoms with Crippen molar-refractivity contribution >= 4 is 5.97 Å². The van der Waals surface area contributed by atoms with Crippen LogP contribution >= 0.6 is 0 Å². The van der Waals surface area contributed by atoms with Crippen molar-refractivity contribution in [1.29, 1.82) is 0 Å². The predicted octanol–water partition coefficient (Wildman–Crippen LogP) is 2.32. The van der Waals surface area contributed by atoms with Crippen LogP contribution in [0, 0.1) is 5.92 Å². The van der Waals surface area contributed by atoms with E-state index in [1.165, 1.54) is 12.2 Å². The topological polar surface area (TPSA) is 26.3 Å². The maximum atomic E-state index is 11.6. The van der Waals surface area contributed by atoms with Crippen molar-refractivity contribution in [3.8, 4) is 0 Å². The molecule has 0 unspecified atom stereocenters. The molecule has 12 heavy (non-hydrogen) atoms. The fraction of sp³-hybridized carbons (Fsp3) is 0.500. The van der Waals surface area contributed by atoms with E-state index >= 15 is 0 Å². The summed E-state index contributed by atoms with van der Waals surface area (Å²) in [5.41, 5.74) is 0. The van der Waals surface area contributed by atoms with Crippen LogP contribution in [0.4, 0.5) is 0 Å². The van der Waals surface area contributed by atoms with E-state index in [0.29, 0.717) is 0 Å². The third-order valence-electron chi connectivity index (χ3n) is 1.39. The first-order chi connectivity index (χ1) is 7.65. The van der Waals surface area contributed by atoms with E-state index in [1.54, 1.807) is 0 Å². The highest BCUT2D eigenvalue weighted by molar-refractivity contribution is 5.72. The van der Waals surface area contributed by atoms with Gasteiger partial charge < -0.3 is 4.74 Å². The first kappa shape index (κ1) is 4.85. The molecule has 0 aromatic rings. The van der Waals surface area contributed by atoms with Crippen molar-refractivity contribution in [2.24, 2.45) is 5.92 Å². The fourth-order valence-electron chi connectivity index (χ4n) is 0.825. The standard InChI is InChI=1S/C10H16O2/c1-4-7-9(8-5-2)10(11)12-6-3/h4-5,9H,1-2,6-8H2,3H3/i3D3,6D2. The molecule has 68 valence electrons. The number of allylic oxidation sites excluding steroid dienone is 2. The molecule has 0 radical (unpaired) electrons. The van der Waals surface area contributed by atoms with E-state index in [9.17, 15) is 4.79 Å². The maximum absolute atomic E-state index is 11.6. The van der Waals surface area contributed by atoms with Crippen molar-refractivity contribution in [3.63, 3.8) is 0 Å². The fourth-order valence-corrected chi connectivity index (χ4v) is 0.825. The van der Waals surface area contributed by atoms with Crippen molar-refractivity contribution in [2.75, 3.05) is 6.56 Å². The molecule has 0 heterocycles. The zero-order valence-electron chi connectivity index (χ0n) is 11.9. The number of carbonyl (C=O) groups is 1. The van der Waals surface area contributed by atoms with Crippen LogP contribution < -0.4 is 0 Å². The minimum absolute atomic E-state index is 0.280. The molecular weight excluding hydrogens is 152 g/mol. The molecule has 0 aromatic heterocycles. The Labute approximate surface area is 80.9 Å². The molecule has 0 aliphatic heterocycles. The smallest absolute Gasteiger partial charge is 0.309 e. The van der Waals surface area contributed by atoms with Gasteiger partial charge in [0.15, 0.2) is 0 Å². The number of carbonyl (C=O) groups excluding carboxylic acids is 1. The number of ether oxygens (including phenoxy) is 1. The average Bonchev–Trinajstić information content (AvgIpc) is 2.14. The molecule has 0 bridgehead atoms. The summed E-state index contributed by atoms with van der Waals surface area (Å²) in [4.78, 5) is 11.6. The first-order valence-corrected chi connectivity index (χ1v) is 3.60. The monoisotopic (exact) mass is 173 g/mol. The number of hydrogen-bond donors (Lipinski definition) is 0.